The number of rotatable bonds is 4. The van der Waals surface area contributed by atoms with Crippen LogP contribution in [0.15, 0.2) is 46.9 Å². The molecule has 0 bridgehead atoms. The third-order valence-electron chi connectivity index (χ3n) is 3.10. The van der Waals surface area contributed by atoms with Crippen LogP contribution in [0.3, 0.4) is 0 Å². The highest BCUT2D eigenvalue weighted by Crippen LogP contribution is 2.24. The fourth-order valence-electron chi connectivity index (χ4n) is 2.04. The summed E-state index contributed by atoms with van der Waals surface area (Å²) in [4.78, 5) is 13.7. The summed E-state index contributed by atoms with van der Waals surface area (Å²) in [5.74, 6) is -0.197. The van der Waals surface area contributed by atoms with Crippen molar-refractivity contribution < 1.29 is 13.9 Å². The minimum atomic E-state index is -0.518. The fourth-order valence-corrected chi connectivity index (χ4v) is 2.45. The number of amides is 1. The van der Waals surface area contributed by atoms with Crippen LogP contribution < -0.4 is 4.74 Å². The minimum absolute atomic E-state index is 0.0639. The van der Waals surface area contributed by atoms with Crippen LogP contribution in [0.4, 0.5) is 4.39 Å². The van der Waals surface area contributed by atoms with E-state index in [1.54, 1.807) is 26.3 Å². The first kappa shape index (κ1) is 15.5. The number of carbonyl (C=O) groups is 1. The van der Waals surface area contributed by atoms with Crippen LogP contribution in [-0.4, -0.2) is 25.0 Å². The van der Waals surface area contributed by atoms with Crippen molar-refractivity contribution in [2.24, 2.45) is 0 Å². The molecule has 0 aliphatic carbocycles. The van der Waals surface area contributed by atoms with Crippen LogP contribution >= 0.6 is 15.9 Å². The maximum absolute atomic E-state index is 13.7. The van der Waals surface area contributed by atoms with Gasteiger partial charge in [-0.2, -0.15) is 0 Å². The van der Waals surface area contributed by atoms with E-state index in [-0.39, 0.29) is 11.5 Å². The molecular formula is C16H15BrFNO2. The number of carbonyl (C=O) groups excluding carboxylic acids is 1. The standard InChI is InChI=1S/C16H15BrFNO2/c1-19(16(20)13-5-3-4-6-14(13)18)10-11-9-12(17)7-8-15(11)21-2/h3-9H,10H2,1-2H3. The largest absolute Gasteiger partial charge is 0.496 e. The highest BCUT2D eigenvalue weighted by atomic mass is 79.9. The van der Waals surface area contributed by atoms with E-state index in [0.29, 0.717) is 12.3 Å². The average Bonchev–Trinajstić information content (AvgIpc) is 2.47. The molecule has 0 unspecified atom stereocenters. The van der Waals surface area contributed by atoms with Gasteiger partial charge >= 0.3 is 0 Å². The van der Waals surface area contributed by atoms with Gasteiger partial charge in [0.05, 0.1) is 12.7 Å². The molecule has 21 heavy (non-hydrogen) atoms. The summed E-state index contributed by atoms with van der Waals surface area (Å²) in [7, 11) is 3.21. The zero-order chi connectivity index (χ0) is 15.4. The lowest BCUT2D eigenvalue weighted by molar-refractivity contribution is 0.0779. The summed E-state index contributed by atoms with van der Waals surface area (Å²) in [6.07, 6.45) is 0. The van der Waals surface area contributed by atoms with Gasteiger partial charge in [-0.05, 0) is 30.3 Å². The molecule has 0 aliphatic heterocycles. The molecular weight excluding hydrogens is 337 g/mol. The molecule has 0 saturated carbocycles. The topological polar surface area (TPSA) is 29.5 Å². The Morgan fingerprint density at radius 2 is 2.00 bits per heavy atom. The summed E-state index contributed by atoms with van der Waals surface area (Å²) < 4.78 is 19.8. The number of benzene rings is 2. The van der Waals surface area contributed by atoms with E-state index in [0.717, 1.165) is 10.0 Å². The molecule has 0 N–H and O–H groups in total. The van der Waals surface area contributed by atoms with E-state index < -0.39 is 5.82 Å². The maximum Gasteiger partial charge on any atom is 0.256 e. The summed E-state index contributed by atoms with van der Waals surface area (Å²) in [6, 6.07) is 11.5. The van der Waals surface area contributed by atoms with Gasteiger partial charge < -0.3 is 9.64 Å². The predicted octanol–water partition coefficient (Wildman–Crippen LogP) is 3.87. The van der Waals surface area contributed by atoms with Crippen LogP contribution in [0.2, 0.25) is 0 Å². The van der Waals surface area contributed by atoms with Gasteiger partial charge in [0.25, 0.3) is 5.91 Å². The highest BCUT2D eigenvalue weighted by Gasteiger charge is 2.17. The Hall–Kier alpha value is -1.88. The molecule has 2 rings (SSSR count). The minimum Gasteiger partial charge on any atom is -0.496 e. The summed E-state index contributed by atoms with van der Waals surface area (Å²) in [5.41, 5.74) is 0.910. The zero-order valence-electron chi connectivity index (χ0n) is 11.8. The average molecular weight is 352 g/mol. The molecule has 2 aromatic rings. The van der Waals surface area contributed by atoms with Crippen LogP contribution in [-0.2, 0) is 6.54 Å². The number of halogens is 2. The Morgan fingerprint density at radius 1 is 1.29 bits per heavy atom. The number of hydrogen-bond donors (Lipinski definition) is 0. The van der Waals surface area contributed by atoms with E-state index in [1.807, 2.05) is 18.2 Å². The van der Waals surface area contributed by atoms with Gasteiger partial charge in [-0.1, -0.05) is 28.1 Å². The van der Waals surface area contributed by atoms with Crippen LogP contribution in [0.1, 0.15) is 15.9 Å². The molecule has 110 valence electrons. The molecule has 1 amide bonds. The van der Waals surface area contributed by atoms with Crippen molar-refractivity contribution in [2.45, 2.75) is 6.54 Å². The number of ether oxygens (including phenoxy) is 1. The van der Waals surface area contributed by atoms with Crippen molar-refractivity contribution in [3.8, 4) is 5.75 Å². The Bertz CT molecular complexity index is 660. The first-order valence-corrected chi connectivity index (χ1v) is 7.14. The molecule has 3 nitrogen and oxygen atoms in total. The molecule has 0 heterocycles. The predicted molar refractivity (Wildman–Crippen MR) is 82.9 cm³/mol. The van der Waals surface area contributed by atoms with Crippen molar-refractivity contribution in [1.82, 2.24) is 4.90 Å². The Kier molecular flexibility index (Phi) is 4.96. The lowest BCUT2D eigenvalue weighted by atomic mass is 10.1. The van der Waals surface area contributed by atoms with Crippen LogP contribution in [0.5, 0.6) is 5.75 Å². The van der Waals surface area contributed by atoms with Gasteiger partial charge in [-0.3, -0.25) is 4.79 Å². The van der Waals surface area contributed by atoms with Gasteiger partial charge in [-0.15, -0.1) is 0 Å². The quantitative estimate of drug-likeness (QED) is 0.836. The second-order valence-corrected chi connectivity index (χ2v) is 5.51. The molecule has 0 spiro atoms. The van der Waals surface area contributed by atoms with Gasteiger partial charge in [-0.25, -0.2) is 4.39 Å². The van der Waals surface area contributed by atoms with Crippen LogP contribution in [0.25, 0.3) is 0 Å². The Labute approximate surface area is 131 Å². The molecule has 0 fully saturated rings. The summed E-state index contributed by atoms with van der Waals surface area (Å²) >= 11 is 3.39. The highest BCUT2D eigenvalue weighted by molar-refractivity contribution is 9.10. The molecule has 0 aromatic heterocycles. The fraction of sp³-hybridized carbons (Fsp3) is 0.188. The van der Waals surface area contributed by atoms with E-state index in [4.69, 9.17) is 4.74 Å². The maximum atomic E-state index is 13.7. The third kappa shape index (κ3) is 3.61. The lowest BCUT2D eigenvalue weighted by Gasteiger charge is -2.19. The van der Waals surface area contributed by atoms with E-state index in [9.17, 15) is 9.18 Å². The summed E-state index contributed by atoms with van der Waals surface area (Å²) in [5, 5.41) is 0. The van der Waals surface area contributed by atoms with E-state index in [1.165, 1.54) is 17.0 Å². The van der Waals surface area contributed by atoms with Gasteiger partial charge in [0.1, 0.15) is 11.6 Å². The monoisotopic (exact) mass is 351 g/mol. The molecule has 0 saturated heterocycles. The second-order valence-electron chi connectivity index (χ2n) is 4.60. The number of hydrogen-bond acceptors (Lipinski definition) is 2. The van der Waals surface area contributed by atoms with Gasteiger partial charge in [0, 0.05) is 23.6 Å². The van der Waals surface area contributed by atoms with Gasteiger partial charge in [0.2, 0.25) is 0 Å². The molecule has 0 atom stereocenters. The molecule has 0 radical (unpaired) electrons. The first-order chi connectivity index (χ1) is 10.0. The van der Waals surface area contributed by atoms with Crippen molar-refractivity contribution in [3.05, 3.63) is 63.9 Å². The first-order valence-electron chi connectivity index (χ1n) is 6.35. The molecule has 5 heteroatoms. The van der Waals surface area contributed by atoms with E-state index >= 15 is 0 Å². The number of methoxy groups -OCH3 is 1. The smallest absolute Gasteiger partial charge is 0.256 e. The van der Waals surface area contributed by atoms with Crippen molar-refractivity contribution in [2.75, 3.05) is 14.2 Å². The van der Waals surface area contributed by atoms with Crippen molar-refractivity contribution >= 4 is 21.8 Å². The molecule has 2 aromatic carbocycles. The number of nitrogens with zero attached hydrogens (tertiary/aromatic N) is 1. The Balaban J connectivity index is 2.22. The van der Waals surface area contributed by atoms with Crippen LogP contribution in [0, 0.1) is 5.82 Å². The second kappa shape index (κ2) is 6.72. The zero-order valence-corrected chi connectivity index (χ0v) is 13.4. The van der Waals surface area contributed by atoms with Crippen molar-refractivity contribution in [3.63, 3.8) is 0 Å². The SMILES string of the molecule is COc1ccc(Br)cc1CN(C)C(=O)c1ccccc1F. The summed E-state index contributed by atoms with van der Waals surface area (Å²) in [6.45, 7) is 0.329. The third-order valence-corrected chi connectivity index (χ3v) is 3.59. The normalized spacial score (nSPS) is 10.3. The van der Waals surface area contributed by atoms with E-state index in [2.05, 4.69) is 15.9 Å². The molecule has 0 aliphatic rings. The van der Waals surface area contributed by atoms with Gasteiger partial charge in [0.15, 0.2) is 0 Å². The Morgan fingerprint density at radius 3 is 2.67 bits per heavy atom. The van der Waals surface area contributed by atoms with Crippen molar-refractivity contribution in [1.29, 1.82) is 0 Å². The lowest BCUT2D eigenvalue weighted by Crippen LogP contribution is -2.27.